The lowest BCUT2D eigenvalue weighted by Gasteiger charge is -2.14. The van der Waals surface area contributed by atoms with Gasteiger partial charge >= 0.3 is 0 Å². The van der Waals surface area contributed by atoms with E-state index in [0.717, 1.165) is 0 Å². The second-order valence-corrected chi connectivity index (χ2v) is 1.64. The van der Waals surface area contributed by atoms with Crippen molar-refractivity contribution in [3.63, 3.8) is 0 Å². The van der Waals surface area contributed by atoms with Crippen molar-refractivity contribution in [3.05, 3.63) is 24.3 Å². The molecular formula is C6H6NO-. The molecule has 1 aliphatic carbocycles. The molecule has 1 rings (SSSR count). The van der Waals surface area contributed by atoms with Crippen molar-refractivity contribution in [1.82, 2.24) is 0 Å². The number of rotatable bonds is 0. The summed E-state index contributed by atoms with van der Waals surface area (Å²) in [6.45, 7) is 0. The molecule has 0 saturated heterocycles. The third-order valence-electron chi connectivity index (χ3n) is 0.931. The molecule has 2 nitrogen and oxygen atoms in total. The van der Waals surface area contributed by atoms with Crippen molar-refractivity contribution in [3.8, 4) is 0 Å². The molecule has 0 aromatic rings. The summed E-state index contributed by atoms with van der Waals surface area (Å²) in [5.41, 5.74) is 0.400. The summed E-state index contributed by atoms with van der Waals surface area (Å²) in [6.07, 6.45) is 5.21. The molecule has 0 atom stereocenters. The lowest BCUT2D eigenvalue weighted by Crippen LogP contribution is -2.21. The van der Waals surface area contributed by atoms with Crippen LogP contribution < -0.4 is 5.11 Å². The topological polar surface area (TPSA) is 46.9 Å². The van der Waals surface area contributed by atoms with Gasteiger partial charge in [-0.3, -0.25) is 0 Å². The quantitative estimate of drug-likeness (QED) is 0.461. The molecule has 0 unspecified atom stereocenters. The summed E-state index contributed by atoms with van der Waals surface area (Å²) in [7, 11) is 0. The van der Waals surface area contributed by atoms with Gasteiger partial charge in [-0.15, -0.1) is 0 Å². The van der Waals surface area contributed by atoms with E-state index < -0.39 is 6.10 Å². The molecule has 2 heteroatoms. The molecule has 0 amide bonds. The van der Waals surface area contributed by atoms with Crippen LogP contribution in [0.2, 0.25) is 0 Å². The Morgan fingerprint density at radius 3 is 2.25 bits per heavy atom. The van der Waals surface area contributed by atoms with E-state index in [0.29, 0.717) is 5.71 Å². The first-order valence-electron chi connectivity index (χ1n) is 2.40. The third kappa shape index (κ3) is 1.04. The first-order valence-corrected chi connectivity index (χ1v) is 2.40. The van der Waals surface area contributed by atoms with Crippen LogP contribution in [0, 0.1) is 5.41 Å². The minimum atomic E-state index is -0.732. The lowest BCUT2D eigenvalue weighted by atomic mass is 10.1. The van der Waals surface area contributed by atoms with Crippen LogP contribution in [0.5, 0.6) is 0 Å². The Bertz CT molecular complexity index is 142. The monoisotopic (exact) mass is 108 g/mol. The maximum atomic E-state index is 10.4. The molecule has 42 valence electrons. The van der Waals surface area contributed by atoms with Crippen molar-refractivity contribution < 1.29 is 5.11 Å². The van der Waals surface area contributed by atoms with Crippen molar-refractivity contribution in [2.45, 2.75) is 6.10 Å². The zero-order chi connectivity index (χ0) is 5.98. The summed E-state index contributed by atoms with van der Waals surface area (Å²) in [5.74, 6) is 0. The van der Waals surface area contributed by atoms with Gasteiger partial charge in [0.1, 0.15) is 0 Å². The molecule has 0 aromatic carbocycles. The molecule has 0 saturated carbocycles. The fraction of sp³-hybridized carbons (Fsp3) is 0.167. The van der Waals surface area contributed by atoms with Crippen LogP contribution in [-0.4, -0.2) is 11.8 Å². The Morgan fingerprint density at radius 1 is 1.38 bits per heavy atom. The highest BCUT2D eigenvalue weighted by Gasteiger charge is 1.89. The molecule has 0 fully saturated rings. The number of nitrogens with one attached hydrogen (secondary N) is 1. The first-order chi connectivity index (χ1) is 3.79. The smallest absolute Gasteiger partial charge is 0.0532 e. The predicted molar refractivity (Wildman–Crippen MR) is 29.8 cm³/mol. The minimum absolute atomic E-state index is 0.400. The van der Waals surface area contributed by atoms with Crippen LogP contribution in [0.3, 0.4) is 0 Å². The van der Waals surface area contributed by atoms with Crippen LogP contribution in [0.25, 0.3) is 0 Å². The number of hydrogen-bond acceptors (Lipinski definition) is 2. The van der Waals surface area contributed by atoms with Gasteiger partial charge in [-0.05, 0) is 12.2 Å². The molecule has 0 heterocycles. The van der Waals surface area contributed by atoms with Crippen molar-refractivity contribution in [1.29, 1.82) is 5.41 Å². The fourth-order valence-corrected chi connectivity index (χ4v) is 0.517. The summed E-state index contributed by atoms with van der Waals surface area (Å²) in [6, 6.07) is 0. The van der Waals surface area contributed by atoms with Gasteiger partial charge in [0.15, 0.2) is 0 Å². The summed E-state index contributed by atoms with van der Waals surface area (Å²) < 4.78 is 0. The van der Waals surface area contributed by atoms with Gasteiger partial charge in [0.2, 0.25) is 0 Å². The van der Waals surface area contributed by atoms with Crippen LogP contribution in [0.1, 0.15) is 0 Å². The molecule has 0 radical (unpaired) electrons. The van der Waals surface area contributed by atoms with E-state index in [4.69, 9.17) is 5.41 Å². The normalized spacial score (nSPS) is 26.6. The van der Waals surface area contributed by atoms with Crippen LogP contribution in [0.15, 0.2) is 24.3 Å². The van der Waals surface area contributed by atoms with Crippen LogP contribution in [-0.2, 0) is 0 Å². The van der Waals surface area contributed by atoms with Crippen LogP contribution >= 0.6 is 0 Å². The molecule has 1 N–H and O–H groups in total. The van der Waals surface area contributed by atoms with E-state index in [9.17, 15) is 5.11 Å². The molecule has 0 spiro atoms. The Labute approximate surface area is 47.7 Å². The highest BCUT2D eigenvalue weighted by Crippen LogP contribution is 1.93. The first kappa shape index (κ1) is 5.25. The van der Waals surface area contributed by atoms with E-state index in [1.54, 1.807) is 0 Å². The van der Waals surface area contributed by atoms with Gasteiger partial charge < -0.3 is 10.5 Å². The minimum Gasteiger partial charge on any atom is -0.846 e. The SMILES string of the molecule is N=C1C=CC([O-])C=C1. The average Bonchev–Trinajstić information content (AvgIpc) is 1.77. The third-order valence-corrected chi connectivity index (χ3v) is 0.931. The Morgan fingerprint density at radius 2 is 1.88 bits per heavy atom. The zero-order valence-electron chi connectivity index (χ0n) is 4.29. The van der Waals surface area contributed by atoms with Gasteiger partial charge in [-0.25, -0.2) is 0 Å². The molecular weight excluding hydrogens is 102 g/mol. The second-order valence-electron chi connectivity index (χ2n) is 1.64. The second kappa shape index (κ2) is 1.92. The summed E-state index contributed by atoms with van der Waals surface area (Å²) in [5, 5.41) is 17.4. The lowest BCUT2D eigenvalue weighted by molar-refractivity contribution is -0.386. The Balaban J connectivity index is 2.68. The van der Waals surface area contributed by atoms with Crippen molar-refractivity contribution in [2.24, 2.45) is 0 Å². The summed E-state index contributed by atoms with van der Waals surface area (Å²) in [4.78, 5) is 0. The predicted octanol–water partition coefficient (Wildman–Crippen LogP) is -0.139. The van der Waals surface area contributed by atoms with E-state index in [-0.39, 0.29) is 0 Å². The van der Waals surface area contributed by atoms with E-state index in [2.05, 4.69) is 0 Å². The maximum absolute atomic E-state index is 10.4. The Kier molecular flexibility index (Phi) is 1.26. The van der Waals surface area contributed by atoms with Gasteiger partial charge in [0.25, 0.3) is 0 Å². The highest BCUT2D eigenvalue weighted by molar-refractivity contribution is 6.02. The fourth-order valence-electron chi connectivity index (χ4n) is 0.517. The van der Waals surface area contributed by atoms with Crippen molar-refractivity contribution in [2.75, 3.05) is 0 Å². The summed E-state index contributed by atoms with van der Waals surface area (Å²) >= 11 is 0. The van der Waals surface area contributed by atoms with Crippen molar-refractivity contribution >= 4 is 5.71 Å². The van der Waals surface area contributed by atoms with Gasteiger partial charge in [-0.2, -0.15) is 0 Å². The molecule has 0 aromatic heterocycles. The Hall–Kier alpha value is -0.890. The van der Waals surface area contributed by atoms with E-state index in [1.807, 2.05) is 0 Å². The largest absolute Gasteiger partial charge is 0.846 e. The standard InChI is InChI=1S/C6H6NO/c7-5-1-3-6(8)4-2-5/h1-4,6-7H/q-1. The van der Waals surface area contributed by atoms with Gasteiger partial charge in [0, 0.05) is 0 Å². The highest BCUT2D eigenvalue weighted by atomic mass is 16.3. The maximum Gasteiger partial charge on any atom is 0.0532 e. The number of allylic oxidation sites excluding steroid dienone is 2. The zero-order valence-corrected chi connectivity index (χ0v) is 4.29. The van der Waals surface area contributed by atoms with E-state index in [1.165, 1.54) is 24.3 Å². The molecule has 0 aliphatic heterocycles. The van der Waals surface area contributed by atoms with Gasteiger partial charge in [0.05, 0.1) is 5.71 Å². The van der Waals surface area contributed by atoms with Gasteiger partial charge in [-0.1, -0.05) is 18.3 Å². The number of hydrogen-bond donors (Lipinski definition) is 1. The van der Waals surface area contributed by atoms with E-state index >= 15 is 0 Å². The van der Waals surface area contributed by atoms with Crippen LogP contribution in [0.4, 0.5) is 0 Å². The molecule has 1 aliphatic rings. The molecule has 8 heavy (non-hydrogen) atoms. The molecule has 0 bridgehead atoms. The average molecular weight is 108 g/mol.